The van der Waals surface area contributed by atoms with Crippen LogP contribution in [0.1, 0.15) is 27.0 Å². The fraction of sp³-hybridized carbons (Fsp3) is 0.300. The number of rotatable bonds is 1. The van der Waals surface area contributed by atoms with Crippen molar-refractivity contribution in [2.45, 2.75) is 20.8 Å². The number of phenolic OH excluding ortho intramolecular Hbond substituents is 1. The van der Waals surface area contributed by atoms with Gasteiger partial charge in [0.2, 0.25) is 0 Å². The average Bonchev–Trinajstić information content (AvgIpc) is 2.11. The van der Waals surface area contributed by atoms with Crippen molar-refractivity contribution < 1.29 is 20.1 Å². The Hall–Kier alpha value is -1.71. The molecule has 1 aromatic rings. The Kier molecular flexibility index (Phi) is 2.38. The molecule has 4 nitrogen and oxygen atoms in total. The fourth-order valence-electron chi connectivity index (χ4n) is 1.38. The molecule has 0 bridgehead atoms. The van der Waals surface area contributed by atoms with Crippen molar-refractivity contribution in [3.63, 3.8) is 0 Å². The summed E-state index contributed by atoms with van der Waals surface area (Å²) in [5, 5.41) is 27.7. The quantitative estimate of drug-likeness (QED) is 0.597. The largest absolute Gasteiger partial charge is 0.504 e. The zero-order valence-electron chi connectivity index (χ0n) is 8.25. The first-order valence-electron chi connectivity index (χ1n) is 4.12. The van der Waals surface area contributed by atoms with E-state index >= 15 is 0 Å². The SMILES string of the molecule is Cc1c(C)c(O)c(O)c(C(=O)O)c1C. The second-order valence-corrected chi connectivity index (χ2v) is 3.25. The third-order valence-electron chi connectivity index (χ3n) is 2.53. The van der Waals surface area contributed by atoms with Crippen LogP contribution in [0.3, 0.4) is 0 Å². The molecule has 3 N–H and O–H groups in total. The minimum absolute atomic E-state index is 0.231. The fourth-order valence-corrected chi connectivity index (χ4v) is 1.38. The predicted molar refractivity (Wildman–Crippen MR) is 50.9 cm³/mol. The summed E-state index contributed by atoms with van der Waals surface area (Å²) in [6.45, 7) is 4.93. The highest BCUT2D eigenvalue weighted by Gasteiger charge is 2.21. The van der Waals surface area contributed by atoms with E-state index in [0.29, 0.717) is 16.7 Å². The molecular weight excluding hydrogens is 184 g/mol. The molecule has 0 fully saturated rings. The maximum atomic E-state index is 10.8. The van der Waals surface area contributed by atoms with Crippen molar-refractivity contribution in [2.24, 2.45) is 0 Å². The summed E-state index contributed by atoms with van der Waals surface area (Å²) in [7, 11) is 0. The van der Waals surface area contributed by atoms with Crippen molar-refractivity contribution in [2.75, 3.05) is 0 Å². The molecule has 0 aliphatic carbocycles. The van der Waals surface area contributed by atoms with Crippen LogP contribution in [0.2, 0.25) is 0 Å². The van der Waals surface area contributed by atoms with Gasteiger partial charge < -0.3 is 15.3 Å². The topological polar surface area (TPSA) is 77.8 Å². The highest BCUT2D eigenvalue weighted by molar-refractivity contribution is 5.94. The molecule has 0 radical (unpaired) electrons. The van der Waals surface area contributed by atoms with Gasteiger partial charge in [-0.3, -0.25) is 0 Å². The minimum Gasteiger partial charge on any atom is -0.504 e. The van der Waals surface area contributed by atoms with Crippen LogP contribution in [0, 0.1) is 20.8 Å². The van der Waals surface area contributed by atoms with E-state index in [1.165, 1.54) is 0 Å². The molecule has 4 heteroatoms. The Morgan fingerprint density at radius 1 is 0.929 bits per heavy atom. The van der Waals surface area contributed by atoms with Crippen molar-refractivity contribution in [3.05, 3.63) is 22.3 Å². The Bertz CT molecular complexity index is 378. The first kappa shape index (κ1) is 10.4. The molecule has 0 spiro atoms. The summed E-state index contributed by atoms with van der Waals surface area (Å²) >= 11 is 0. The van der Waals surface area contributed by atoms with Gasteiger partial charge in [-0.1, -0.05) is 0 Å². The lowest BCUT2D eigenvalue weighted by molar-refractivity contribution is 0.0692. The second kappa shape index (κ2) is 3.21. The van der Waals surface area contributed by atoms with Gasteiger partial charge in [-0.2, -0.15) is 0 Å². The summed E-state index contributed by atoms with van der Waals surface area (Å²) in [6, 6.07) is 0. The number of aromatic carboxylic acids is 1. The van der Waals surface area contributed by atoms with Crippen molar-refractivity contribution in [3.8, 4) is 11.5 Å². The lowest BCUT2D eigenvalue weighted by atomic mass is 9.97. The number of carbonyl (C=O) groups is 1. The van der Waals surface area contributed by atoms with E-state index in [1.54, 1.807) is 20.8 Å². The van der Waals surface area contributed by atoms with Gasteiger partial charge in [0.25, 0.3) is 0 Å². The minimum atomic E-state index is -1.24. The third-order valence-corrected chi connectivity index (χ3v) is 2.53. The Labute approximate surface area is 81.4 Å². The molecule has 0 unspecified atom stereocenters. The molecule has 0 aliphatic rings. The van der Waals surface area contributed by atoms with Gasteiger partial charge in [0.1, 0.15) is 5.56 Å². The van der Waals surface area contributed by atoms with Crippen LogP contribution in [-0.4, -0.2) is 21.3 Å². The van der Waals surface area contributed by atoms with E-state index in [4.69, 9.17) is 5.11 Å². The summed E-state index contributed by atoms with van der Waals surface area (Å²) in [5.41, 5.74) is 1.43. The van der Waals surface area contributed by atoms with Gasteiger partial charge in [-0.25, -0.2) is 4.79 Å². The van der Waals surface area contributed by atoms with Gasteiger partial charge in [-0.15, -0.1) is 0 Å². The van der Waals surface area contributed by atoms with Crippen molar-refractivity contribution >= 4 is 5.97 Å². The van der Waals surface area contributed by atoms with E-state index in [9.17, 15) is 15.0 Å². The van der Waals surface area contributed by atoms with E-state index in [2.05, 4.69) is 0 Å². The van der Waals surface area contributed by atoms with Crippen LogP contribution in [0.15, 0.2) is 0 Å². The Morgan fingerprint density at radius 3 is 1.86 bits per heavy atom. The molecule has 0 saturated heterocycles. The maximum Gasteiger partial charge on any atom is 0.339 e. The molecule has 0 saturated carbocycles. The van der Waals surface area contributed by atoms with E-state index in [0.717, 1.165) is 0 Å². The number of aromatic hydroxyl groups is 2. The maximum absolute atomic E-state index is 10.8. The van der Waals surface area contributed by atoms with Gasteiger partial charge in [-0.05, 0) is 37.5 Å². The van der Waals surface area contributed by atoms with Crippen LogP contribution >= 0.6 is 0 Å². The molecule has 76 valence electrons. The number of carboxylic acids is 1. The van der Waals surface area contributed by atoms with Crippen LogP contribution in [0.4, 0.5) is 0 Å². The molecule has 0 amide bonds. The summed E-state index contributed by atoms with van der Waals surface area (Å²) < 4.78 is 0. The van der Waals surface area contributed by atoms with Gasteiger partial charge in [0.05, 0.1) is 0 Å². The first-order chi connectivity index (χ1) is 6.37. The second-order valence-electron chi connectivity index (χ2n) is 3.25. The first-order valence-corrected chi connectivity index (χ1v) is 4.12. The molecule has 0 aromatic heterocycles. The molecule has 0 heterocycles. The van der Waals surface area contributed by atoms with Crippen LogP contribution in [0.25, 0.3) is 0 Å². The zero-order valence-corrected chi connectivity index (χ0v) is 8.25. The van der Waals surface area contributed by atoms with E-state index < -0.39 is 11.7 Å². The molecule has 1 aromatic carbocycles. The van der Waals surface area contributed by atoms with Gasteiger partial charge >= 0.3 is 5.97 Å². The van der Waals surface area contributed by atoms with Crippen LogP contribution < -0.4 is 0 Å². The molecule has 0 aliphatic heterocycles. The highest BCUT2D eigenvalue weighted by Crippen LogP contribution is 2.37. The summed E-state index contributed by atoms with van der Waals surface area (Å²) in [6.07, 6.45) is 0. The monoisotopic (exact) mass is 196 g/mol. The van der Waals surface area contributed by atoms with Gasteiger partial charge in [0, 0.05) is 0 Å². The Balaban J connectivity index is 3.68. The van der Waals surface area contributed by atoms with E-state index in [-0.39, 0.29) is 11.3 Å². The number of hydrogen-bond acceptors (Lipinski definition) is 3. The molecular formula is C10H12O4. The predicted octanol–water partition coefficient (Wildman–Crippen LogP) is 1.72. The standard InChI is InChI=1S/C10H12O4/c1-4-5(2)7(10(13)14)9(12)8(11)6(4)3/h11-12H,1-3H3,(H,13,14). The van der Waals surface area contributed by atoms with Crippen molar-refractivity contribution in [1.82, 2.24) is 0 Å². The molecule has 14 heavy (non-hydrogen) atoms. The normalized spacial score (nSPS) is 10.2. The van der Waals surface area contributed by atoms with Gasteiger partial charge in [0.15, 0.2) is 11.5 Å². The number of benzene rings is 1. The van der Waals surface area contributed by atoms with Crippen LogP contribution in [-0.2, 0) is 0 Å². The highest BCUT2D eigenvalue weighted by atomic mass is 16.4. The lowest BCUT2D eigenvalue weighted by Gasteiger charge is -2.12. The lowest BCUT2D eigenvalue weighted by Crippen LogP contribution is -2.03. The summed E-state index contributed by atoms with van der Waals surface area (Å²) in [5.74, 6) is -2.15. The summed E-state index contributed by atoms with van der Waals surface area (Å²) in [4.78, 5) is 10.8. The average molecular weight is 196 g/mol. The van der Waals surface area contributed by atoms with Crippen LogP contribution in [0.5, 0.6) is 11.5 Å². The zero-order chi connectivity index (χ0) is 11.0. The van der Waals surface area contributed by atoms with Crippen molar-refractivity contribution in [1.29, 1.82) is 0 Å². The molecule has 1 rings (SSSR count). The Morgan fingerprint density at radius 2 is 1.43 bits per heavy atom. The molecule has 0 atom stereocenters. The smallest absolute Gasteiger partial charge is 0.339 e. The number of carboxylic acid groups (broad SMARTS) is 1. The number of hydrogen-bond donors (Lipinski definition) is 3. The number of phenols is 2. The van der Waals surface area contributed by atoms with E-state index in [1.807, 2.05) is 0 Å². The third kappa shape index (κ3) is 1.28.